The summed E-state index contributed by atoms with van der Waals surface area (Å²) in [5, 5.41) is 9.63. The molecule has 6 nitrogen and oxygen atoms in total. The van der Waals surface area contributed by atoms with Gasteiger partial charge in [-0.25, -0.2) is 8.42 Å². The lowest BCUT2D eigenvalue weighted by molar-refractivity contribution is -0.284. The number of rotatable bonds is 7. The number of sulfone groups is 1. The van der Waals surface area contributed by atoms with E-state index in [1.165, 1.54) is 24.3 Å². The number of aryl methyl sites for hydroxylation is 1. The van der Waals surface area contributed by atoms with Crippen molar-refractivity contribution < 1.29 is 45.0 Å². The minimum absolute atomic E-state index is 0.000163. The van der Waals surface area contributed by atoms with Gasteiger partial charge in [0.1, 0.15) is 4.21 Å². The molecule has 0 amide bonds. The molecule has 176 valence electrons. The van der Waals surface area contributed by atoms with E-state index in [2.05, 4.69) is 4.98 Å². The van der Waals surface area contributed by atoms with Crippen LogP contribution in [-0.2, 0) is 25.8 Å². The number of aliphatic carboxylic acids is 1. The third-order valence-electron chi connectivity index (χ3n) is 5.27. The molecule has 2 aromatic rings. The van der Waals surface area contributed by atoms with Crippen molar-refractivity contribution in [2.45, 2.75) is 46.7 Å². The van der Waals surface area contributed by atoms with Gasteiger partial charge in [-0.15, -0.1) is 11.3 Å². The normalized spacial score (nSPS) is 17.3. The Morgan fingerprint density at radius 3 is 2.31 bits per heavy atom. The molecule has 0 aromatic carbocycles. The standard InChI is InChI=1S/C19H18F5NO5S2/c20-18(21,19(22,23)24)6-5-12-1-2-13(25-11-12)14-3-4-15(31-14)32(28,29)17(16(26)27)7-9-30-10-8-17/h1-4,11H,5-10H2,(H,26,27). The molecular formula is C19H18F5NO5S2. The van der Waals surface area contributed by atoms with E-state index in [0.29, 0.717) is 4.88 Å². The van der Waals surface area contributed by atoms with Crippen molar-refractivity contribution in [3.63, 3.8) is 0 Å². The van der Waals surface area contributed by atoms with Crippen LogP contribution >= 0.6 is 11.3 Å². The largest absolute Gasteiger partial charge is 0.480 e. The molecule has 0 saturated carbocycles. The number of aromatic nitrogens is 1. The molecule has 0 radical (unpaired) electrons. The number of carboxylic acids is 1. The number of nitrogens with zero attached hydrogens (tertiary/aromatic N) is 1. The molecule has 3 heterocycles. The minimum Gasteiger partial charge on any atom is -0.480 e. The minimum atomic E-state index is -5.63. The summed E-state index contributed by atoms with van der Waals surface area (Å²) in [7, 11) is -4.24. The number of ether oxygens (including phenoxy) is 1. The van der Waals surface area contributed by atoms with E-state index in [1.54, 1.807) is 0 Å². The zero-order valence-electron chi connectivity index (χ0n) is 16.4. The molecule has 3 rings (SSSR count). The first kappa shape index (κ1) is 24.5. The summed E-state index contributed by atoms with van der Waals surface area (Å²) in [5.41, 5.74) is 0.438. The fourth-order valence-electron chi connectivity index (χ4n) is 3.25. The highest BCUT2D eigenvalue weighted by Gasteiger charge is 2.56. The number of carboxylic acid groups (broad SMARTS) is 1. The molecule has 0 aliphatic carbocycles. The average Bonchev–Trinajstić information content (AvgIpc) is 3.23. The number of thiophene rings is 1. The number of carbonyl (C=O) groups is 1. The van der Waals surface area contributed by atoms with Crippen LogP contribution in [0.25, 0.3) is 10.6 Å². The lowest BCUT2D eigenvalue weighted by Gasteiger charge is -2.31. The van der Waals surface area contributed by atoms with Crippen molar-refractivity contribution in [2.75, 3.05) is 13.2 Å². The van der Waals surface area contributed by atoms with Crippen molar-refractivity contribution in [3.8, 4) is 10.6 Å². The highest BCUT2D eigenvalue weighted by atomic mass is 32.2. The monoisotopic (exact) mass is 499 g/mol. The molecule has 1 N–H and O–H groups in total. The summed E-state index contributed by atoms with van der Waals surface area (Å²) in [5.74, 6) is -6.26. The van der Waals surface area contributed by atoms with Gasteiger partial charge in [0.2, 0.25) is 9.84 Å². The van der Waals surface area contributed by atoms with E-state index in [9.17, 15) is 40.3 Å². The van der Waals surface area contributed by atoms with Crippen LogP contribution in [-0.4, -0.2) is 54.5 Å². The Hall–Kier alpha value is -2.12. The van der Waals surface area contributed by atoms with E-state index >= 15 is 0 Å². The van der Waals surface area contributed by atoms with E-state index in [0.717, 1.165) is 17.5 Å². The first-order valence-electron chi connectivity index (χ1n) is 9.36. The maximum Gasteiger partial charge on any atom is 0.453 e. The van der Waals surface area contributed by atoms with Crippen LogP contribution in [0.15, 0.2) is 34.7 Å². The third-order valence-corrected chi connectivity index (χ3v) is 9.36. The summed E-state index contributed by atoms with van der Waals surface area (Å²) in [6.07, 6.45) is -6.82. The van der Waals surface area contributed by atoms with Crippen LogP contribution in [0.3, 0.4) is 0 Å². The molecule has 0 bridgehead atoms. The van der Waals surface area contributed by atoms with Gasteiger partial charge in [0, 0.05) is 38.7 Å². The fraction of sp³-hybridized carbons (Fsp3) is 0.474. The lowest BCUT2D eigenvalue weighted by atomic mass is 9.99. The van der Waals surface area contributed by atoms with Crippen molar-refractivity contribution >= 4 is 27.1 Å². The fourth-order valence-corrected chi connectivity index (χ4v) is 6.72. The number of alkyl halides is 5. The Labute approximate surface area is 184 Å². The Bertz CT molecular complexity index is 1070. The van der Waals surface area contributed by atoms with Gasteiger partial charge in [0.25, 0.3) is 0 Å². The molecule has 0 spiro atoms. The Morgan fingerprint density at radius 2 is 1.78 bits per heavy atom. The summed E-state index contributed by atoms with van der Waals surface area (Å²) in [6, 6.07) is 5.42. The zero-order chi connectivity index (χ0) is 23.8. The van der Waals surface area contributed by atoms with Crippen molar-refractivity contribution in [1.29, 1.82) is 0 Å². The van der Waals surface area contributed by atoms with Gasteiger partial charge in [-0.2, -0.15) is 22.0 Å². The third kappa shape index (κ3) is 4.50. The lowest BCUT2D eigenvalue weighted by Crippen LogP contribution is -2.50. The molecule has 32 heavy (non-hydrogen) atoms. The summed E-state index contributed by atoms with van der Waals surface area (Å²) < 4.78 is 92.1. The van der Waals surface area contributed by atoms with E-state index in [1.807, 2.05) is 0 Å². The van der Waals surface area contributed by atoms with Gasteiger partial charge in [-0.05, 0) is 30.2 Å². The first-order chi connectivity index (χ1) is 14.8. The predicted molar refractivity (Wildman–Crippen MR) is 104 cm³/mol. The first-order valence-corrected chi connectivity index (χ1v) is 11.7. The van der Waals surface area contributed by atoms with E-state index in [4.69, 9.17) is 4.74 Å². The Morgan fingerprint density at radius 1 is 1.12 bits per heavy atom. The van der Waals surface area contributed by atoms with Crippen LogP contribution in [0.2, 0.25) is 0 Å². The highest BCUT2D eigenvalue weighted by Crippen LogP contribution is 2.41. The number of hydrogen-bond acceptors (Lipinski definition) is 6. The van der Waals surface area contributed by atoms with Crippen LogP contribution in [0.1, 0.15) is 24.8 Å². The van der Waals surface area contributed by atoms with E-state index in [-0.39, 0.29) is 41.5 Å². The van der Waals surface area contributed by atoms with Crippen molar-refractivity contribution in [1.82, 2.24) is 4.98 Å². The Balaban J connectivity index is 1.79. The van der Waals surface area contributed by atoms with Gasteiger partial charge in [0.05, 0.1) is 10.6 Å². The zero-order valence-corrected chi connectivity index (χ0v) is 18.0. The molecule has 2 aromatic heterocycles. The molecule has 0 atom stereocenters. The predicted octanol–water partition coefficient (Wildman–Crippen LogP) is 4.35. The molecule has 13 heteroatoms. The molecule has 0 unspecified atom stereocenters. The van der Waals surface area contributed by atoms with Crippen molar-refractivity contribution in [3.05, 3.63) is 36.0 Å². The van der Waals surface area contributed by atoms with Gasteiger partial charge < -0.3 is 9.84 Å². The van der Waals surface area contributed by atoms with Gasteiger partial charge >= 0.3 is 18.1 Å². The second kappa shape index (κ2) is 8.67. The van der Waals surface area contributed by atoms with Crippen LogP contribution in [0, 0.1) is 0 Å². The van der Waals surface area contributed by atoms with Gasteiger partial charge in [0.15, 0.2) is 4.75 Å². The smallest absolute Gasteiger partial charge is 0.453 e. The van der Waals surface area contributed by atoms with Crippen LogP contribution in [0.5, 0.6) is 0 Å². The molecule has 1 aliphatic heterocycles. The Kier molecular flexibility index (Phi) is 6.64. The maximum atomic E-state index is 13.1. The summed E-state index contributed by atoms with van der Waals surface area (Å²) in [4.78, 5) is 16.2. The highest BCUT2D eigenvalue weighted by molar-refractivity contribution is 7.95. The summed E-state index contributed by atoms with van der Waals surface area (Å²) in [6.45, 7) is 0.000326. The molecule has 1 saturated heterocycles. The quantitative estimate of drug-likeness (QED) is 0.570. The molecule has 1 aliphatic rings. The summed E-state index contributed by atoms with van der Waals surface area (Å²) >= 11 is 0.806. The SMILES string of the molecule is O=C(O)C1(S(=O)(=O)c2ccc(-c3ccc(CCC(F)(F)C(F)(F)F)cn3)s2)CCOCC1. The maximum absolute atomic E-state index is 13.1. The molecule has 1 fully saturated rings. The number of pyridine rings is 1. The number of hydrogen-bond donors (Lipinski definition) is 1. The van der Waals surface area contributed by atoms with Crippen LogP contribution < -0.4 is 0 Å². The second-order valence-corrected chi connectivity index (χ2v) is 10.9. The van der Waals surface area contributed by atoms with E-state index < -0.39 is 45.5 Å². The second-order valence-electron chi connectivity index (χ2n) is 7.29. The topological polar surface area (TPSA) is 93.6 Å². The van der Waals surface area contributed by atoms with Gasteiger partial charge in [-0.1, -0.05) is 6.07 Å². The average molecular weight is 499 g/mol. The van der Waals surface area contributed by atoms with Crippen LogP contribution in [0.4, 0.5) is 22.0 Å². The molecular weight excluding hydrogens is 481 g/mol. The van der Waals surface area contributed by atoms with Gasteiger partial charge in [-0.3, -0.25) is 9.78 Å². The number of halogens is 5. The van der Waals surface area contributed by atoms with Crippen molar-refractivity contribution in [2.24, 2.45) is 0 Å².